The van der Waals surface area contributed by atoms with Gasteiger partial charge in [-0.05, 0) is 49.2 Å². The molecule has 1 aromatic carbocycles. The summed E-state index contributed by atoms with van der Waals surface area (Å²) in [6.45, 7) is 5.99. The second kappa shape index (κ2) is 5.94. The lowest BCUT2D eigenvalue weighted by molar-refractivity contribution is 0.0782. The molecule has 1 amide bonds. The number of carbonyl (C=O) groups excluding carboxylic acids is 1. The summed E-state index contributed by atoms with van der Waals surface area (Å²) in [5.41, 5.74) is 3.40. The Morgan fingerprint density at radius 1 is 1.25 bits per heavy atom. The van der Waals surface area contributed by atoms with E-state index in [4.69, 9.17) is 0 Å². The maximum atomic E-state index is 12.4. The average Bonchev–Trinajstić information content (AvgIpc) is 3.13. The van der Waals surface area contributed by atoms with Crippen molar-refractivity contribution in [3.05, 3.63) is 34.9 Å². The molecule has 0 aromatic heterocycles. The molecule has 0 unspecified atom stereocenters. The van der Waals surface area contributed by atoms with Gasteiger partial charge in [-0.2, -0.15) is 0 Å². The van der Waals surface area contributed by atoms with Gasteiger partial charge in [0.25, 0.3) is 5.91 Å². The normalized spacial score (nSPS) is 18.2. The number of nitrogens with zero attached hydrogens (tertiary/aromatic N) is 2. The van der Waals surface area contributed by atoms with E-state index in [9.17, 15) is 4.79 Å². The highest BCUT2D eigenvalue weighted by atomic mass is 16.2. The second-order valence-corrected chi connectivity index (χ2v) is 5.86. The topological polar surface area (TPSA) is 35.6 Å². The number of carbonyl (C=O) groups is 1. The first-order valence-electron chi connectivity index (χ1n) is 7.54. The monoisotopic (exact) mass is 273 g/mol. The zero-order chi connectivity index (χ0) is 13.9. The molecule has 1 aromatic rings. The van der Waals surface area contributed by atoms with Crippen molar-refractivity contribution in [1.82, 2.24) is 15.1 Å². The third kappa shape index (κ3) is 2.86. The number of nitrogens with one attached hydrogen (secondary N) is 1. The summed E-state index contributed by atoms with van der Waals surface area (Å²) in [7, 11) is 1.91. The SMILES string of the molecule is CN(CCN1CCCC1)C(=O)c1ccc2c(c1)CNC2. The van der Waals surface area contributed by atoms with Gasteiger partial charge in [0.05, 0.1) is 0 Å². The predicted molar refractivity (Wildman–Crippen MR) is 79.6 cm³/mol. The Hall–Kier alpha value is -1.39. The summed E-state index contributed by atoms with van der Waals surface area (Å²) in [6.07, 6.45) is 2.60. The molecule has 0 spiro atoms. The van der Waals surface area contributed by atoms with Crippen molar-refractivity contribution in [1.29, 1.82) is 0 Å². The predicted octanol–water partition coefficient (Wildman–Crippen LogP) is 1.46. The van der Waals surface area contributed by atoms with Crippen molar-refractivity contribution in [3.63, 3.8) is 0 Å². The minimum absolute atomic E-state index is 0.138. The number of likely N-dealkylation sites (N-methyl/N-ethyl adjacent to an activating group) is 1. The summed E-state index contributed by atoms with van der Waals surface area (Å²) in [6, 6.07) is 6.08. The highest BCUT2D eigenvalue weighted by molar-refractivity contribution is 5.94. The van der Waals surface area contributed by atoms with Crippen molar-refractivity contribution in [2.45, 2.75) is 25.9 Å². The fourth-order valence-corrected chi connectivity index (χ4v) is 3.05. The van der Waals surface area contributed by atoms with Gasteiger partial charge in [-0.3, -0.25) is 4.79 Å². The van der Waals surface area contributed by atoms with Gasteiger partial charge in [-0.1, -0.05) is 6.07 Å². The number of fused-ring (bicyclic) bond motifs is 1. The van der Waals surface area contributed by atoms with Crippen LogP contribution in [0.4, 0.5) is 0 Å². The third-order valence-corrected chi connectivity index (χ3v) is 4.38. The maximum Gasteiger partial charge on any atom is 0.253 e. The summed E-state index contributed by atoms with van der Waals surface area (Å²) in [5.74, 6) is 0.138. The van der Waals surface area contributed by atoms with Crippen LogP contribution in [0.25, 0.3) is 0 Å². The van der Waals surface area contributed by atoms with Crippen molar-refractivity contribution in [2.24, 2.45) is 0 Å². The van der Waals surface area contributed by atoms with Crippen molar-refractivity contribution in [3.8, 4) is 0 Å². The Kier molecular flexibility index (Phi) is 4.03. The minimum Gasteiger partial charge on any atom is -0.340 e. The van der Waals surface area contributed by atoms with E-state index in [0.29, 0.717) is 0 Å². The van der Waals surface area contributed by atoms with Gasteiger partial charge in [0.1, 0.15) is 0 Å². The molecule has 2 aliphatic heterocycles. The Labute approximate surface area is 120 Å². The fraction of sp³-hybridized carbons (Fsp3) is 0.562. The Morgan fingerprint density at radius 2 is 2.00 bits per heavy atom. The Balaban J connectivity index is 1.59. The van der Waals surface area contributed by atoms with E-state index >= 15 is 0 Å². The minimum atomic E-state index is 0.138. The molecule has 2 aliphatic rings. The van der Waals surface area contributed by atoms with Gasteiger partial charge in [0, 0.05) is 38.8 Å². The lowest BCUT2D eigenvalue weighted by atomic mass is 10.1. The van der Waals surface area contributed by atoms with Gasteiger partial charge in [0.15, 0.2) is 0 Å². The van der Waals surface area contributed by atoms with Crippen molar-refractivity contribution >= 4 is 5.91 Å². The van der Waals surface area contributed by atoms with E-state index in [2.05, 4.69) is 16.3 Å². The van der Waals surface area contributed by atoms with Gasteiger partial charge >= 0.3 is 0 Å². The van der Waals surface area contributed by atoms with E-state index in [0.717, 1.165) is 31.7 Å². The van der Waals surface area contributed by atoms with Crippen LogP contribution in [0.3, 0.4) is 0 Å². The number of hydrogen-bond acceptors (Lipinski definition) is 3. The largest absolute Gasteiger partial charge is 0.340 e. The Bertz CT molecular complexity index is 494. The number of hydrogen-bond donors (Lipinski definition) is 1. The molecule has 20 heavy (non-hydrogen) atoms. The van der Waals surface area contributed by atoms with E-state index < -0.39 is 0 Å². The molecule has 108 valence electrons. The Morgan fingerprint density at radius 3 is 2.80 bits per heavy atom. The maximum absolute atomic E-state index is 12.4. The standard InChI is InChI=1S/C16H23N3O/c1-18(8-9-19-6-2-3-7-19)16(20)13-4-5-14-11-17-12-15(14)10-13/h4-5,10,17H,2-3,6-9,11-12H2,1H3. The quantitative estimate of drug-likeness (QED) is 0.902. The molecule has 0 radical (unpaired) electrons. The van der Waals surface area contributed by atoms with Crippen LogP contribution in [-0.4, -0.2) is 48.9 Å². The second-order valence-electron chi connectivity index (χ2n) is 5.86. The van der Waals surface area contributed by atoms with Crippen molar-refractivity contribution in [2.75, 3.05) is 33.2 Å². The molecule has 0 bridgehead atoms. The fourth-order valence-electron chi connectivity index (χ4n) is 3.05. The first-order valence-corrected chi connectivity index (χ1v) is 7.54. The number of rotatable bonds is 4. The molecule has 1 saturated heterocycles. The zero-order valence-corrected chi connectivity index (χ0v) is 12.2. The van der Waals surface area contributed by atoms with Gasteiger partial charge in [-0.15, -0.1) is 0 Å². The van der Waals surface area contributed by atoms with E-state index in [1.165, 1.54) is 37.1 Å². The molecule has 4 nitrogen and oxygen atoms in total. The molecular weight excluding hydrogens is 250 g/mol. The van der Waals surface area contributed by atoms with Crippen LogP contribution < -0.4 is 5.32 Å². The molecule has 1 N–H and O–H groups in total. The molecular formula is C16H23N3O. The molecule has 0 atom stereocenters. The van der Waals surface area contributed by atoms with Crippen LogP contribution in [0, 0.1) is 0 Å². The molecule has 1 fully saturated rings. The van der Waals surface area contributed by atoms with Crippen LogP contribution in [0.1, 0.15) is 34.3 Å². The number of likely N-dealkylation sites (tertiary alicyclic amines) is 1. The lowest BCUT2D eigenvalue weighted by Crippen LogP contribution is -2.35. The first-order chi connectivity index (χ1) is 9.74. The van der Waals surface area contributed by atoms with E-state index in [1.54, 1.807) is 0 Å². The smallest absolute Gasteiger partial charge is 0.253 e. The molecule has 3 rings (SSSR count). The summed E-state index contributed by atoms with van der Waals surface area (Å²) in [4.78, 5) is 16.7. The summed E-state index contributed by atoms with van der Waals surface area (Å²) >= 11 is 0. The molecule has 4 heteroatoms. The molecule has 2 heterocycles. The lowest BCUT2D eigenvalue weighted by Gasteiger charge is -2.21. The van der Waals surface area contributed by atoms with Crippen LogP contribution >= 0.6 is 0 Å². The number of benzene rings is 1. The molecule has 0 aliphatic carbocycles. The van der Waals surface area contributed by atoms with E-state index in [1.807, 2.05) is 24.1 Å². The van der Waals surface area contributed by atoms with Gasteiger partial charge in [0.2, 0.25) is 0 Å². The summed E-state index contributed by atoms with van der Waals surface area (Å²) < 4.78 is 0. The van der Waals surface area contributed by atoms with Gasteiger partial charge < -0.3 is 15.1 Å². The van der Waals surface area contributed by atoms with E-state index in [-0.39, 0.29) is 5.91 Å². The highest BCUT2D eigenvalue weighted by Crippen LogP contribution is 2.18. The van der Waals surface area contributed by atoms with Crippen LogP contribution in [-0.2, 0) is 13.1 Å². The van der Waals surface area contributed by atoms with Crippen LogP contribution in [0.2, 0.25) is 0 Å². The van der Waals surface area contributed by atoms with Gasteiger partial charge in [-0.25, -0.2) is 0 Å². The van der Waals surface area contributed by atoms with Crippen LogP contribution in [0.5, 0.6) is 0 Å². The van der Waals surface area contributed by atoms with Crippen molar-refractivity contribution < 1.29 is 4.79 Å². The first kappa shape index (κ1) is 13.6. The summed E-state index contributed by atoms with van der Waals surface area (Å²) in [5, 5.41) is 3.31. The number of amides is 1. The zero-order valence-electron chi connectivity index (χ0n) is 12.2. The average molecular weight is 273 g/mol. The molecule has 0 saturated carbocycles. The third-order valence-electron chi connectivity index (χ3n) is 4.38. The highest BCUT2D eigenvalue weighted by Gasteiger charge is 2.17. The van der Waals surface area contributed by atoms with Crippen LogP contribution in [0.15, 0.2) is 18.2 Å².